The Labute approximate surface area is 167 Å². The molecule has 1 N–H and O–H groups in total. The molecule has 0 aliphatic rings. The fourth-order valence-electron chi connectivity index (χ4n) is 2.48. The molecule has 0 spiro atoms. The molecule has 0 saturated heterocycles. The van der Waals surface area contributed by atoms with E-state index < -0.39 is 0 Å². The Morgan fingerprint density at radius 1 is 0.963 bits per heavy atom. The highest BCUT2D eigenvalue weighted by molar-refractivity contribution is 9.10. The number of hydrogen-bond acceptors (Lipinski definition) is 3. The number of hydrazone groups is 1. The van der Waals surface area contributed by atoms with Crippen molar-refractivity contribution in [1.82, 2.24) is 5.43 Å². The zero-order valence-corrected chi connectivity index (χ0v) is 16.2. The minimum atomic E-state index is -0.167. The van der Waals surface area contributed by atoms with Crippen molar-refractivity contribution in [3.63, 3.8) is 0 Å². The second kappa shape index (κ2) is 9.69. The number of amides is 1. The number of halogens is 1. The molecule has 0 saturated carbocycles. The highest BCUT2D eigenvalue weighted by Crippen LogP contribution is 2.22. The summed E-state index contributed by atoms with van der Waals surface area (Å²) in [6.45, 7) is 0.462. The molecule has 1 amide bonds. The standard InChI is InChI=1S/C22H19BrN2O2/c23-20-11-12-21(27-16-18-9-5-2-6-10-18)19(14-20)15-24-25-22(26)13-17-7-3-1-4-8-17/h1-12,14-15H,13,16H2,(H,25,26)/b24-15-. The summed E-state index contributed by atoms with van der Waals surface area (Å²) in [6.07, 6.45) is 1.88. The number of carbonyl (C=O) groups excluding carboxylic acids is 1. The summed E-state index contributed by atoms with van der Waals surface area (Å²) in [5.74, 6) is 0.530. The van der Waals surface area contributed by atoms with Gasteiger partial charge in [0.2, 0.25) is 5.91 Å². The summed E-state index contributed by atoms with van der Waals surface area (Å²) in [5, 5.41) is 4.07. The Morgan fingerprint density at radius 2 is 1.63 bits per heavy atom. The number of nitrogens with zero attached hydrogens (tertiary/aromatic N) is 1. The van der Waals surface area contributed by atoms with Crippen LogP contribution in [0.1, 0.15) is 16.7 Å². The van der Waals surface area contributed by atoms with E-state index in [4.69, 9.17) is 4.74 Å². The molecule has 0 fully saturated rings. The third-order valence-electron chi connectivity index (χ3n) is 3.81. The monoisotopic (exact) mass is 422 g/mol. The zero-order valence-electron chi connectivity index (χ0n) is 14.6. The quantitative estimate of drug-likeness (QED) is 0.442. The summed E-state index contributed by atoms with van der Waals surface area (Å²) in [7, 11) is 0. The smallest absolute Gasteiger partial charge is 0.244 e. The Bertz CT molecular complexity index is 912. The number of benzene rings is 3. The van der Waals surface area contributed by atoms with E-state index in [0.29, 0.717) is 12.4 Å². The average Bonchev–Trinajstić information content (AvgIpc) is 2.69. The van der Waals surface area contributed by atoms with Crippen LogP contribution in [0.25, 0.3) is 0 Å². The lowest BCUT2D eigenvalue weighted by Crippen LogP contribution is -2.19. The van der Waals surface area contributed by atoms with Gasteiger partial charge in [-0.15, -0.1) is 0 Å². The van der Waals surface area contributed by atoms with Gasteiger partial charge in [-0.05, 0) is 29.3 Å². The van der Waals surface area contributed by atoms with Crippen molar-refractivity contribution < 1.29 is 9.53 Å². The van der Waals surface area contributed by atoms with Crippen LogP contribution in [-0.2, 0) is 17.8 Å². The molecule has 0 aliphatic carbocycles. The zero-order chi connectivity index (χ0) is 18.9. The molecule has 0 unspecified atom stereocenters. The Morgan fingerprint density at radius 3 is 2.33 bits per heavy atom. The van der Waals surface area contributed by atoms with Crippen molar-refractivity contribution in [2.24, 2.45) is 5.10 Å². The first-order chi connectivity index (χ1) is 13.2. The first-order valence-corrected chi connectivity index (χ1v) is 9.32. The second-order valence-corrected chi connectivity index (χ2v) is 6.83. The van der Waals surface area contributed by atoms with Gasteiger partial charge < -0.3 is 4.74 Å². The predicted molar refractivity (Wildman–Crippen MR) is 111 cm³/mol. The lowest BCUT2D eigenvalue weighted by molar-refractivity contribution is -0.120. The third kappa shape index (κ3) is 6.08. The van der Waals surface area contributed by atoms with Crippen molar-refractivity contribution in [3.8, 4) is 5.75 Å². The first kappa shape index (κ1) is 18.9. The molecule has 3 aromatic rings. The van der Waals surface area contributed by atoms with Gasteiger partial charge in [0.15, 0.2) is 0 Å². The number of nitrogens with one attached hydrogen (secondary N) is 1. The molecule has 5 heteroatoms. The maximum absolute atomic E-state index is 12.0. The van der Waals surface area contributed by atoms with Gasteiger partial charge >= 0.3 is 0 Å². The topological polar surface area (TPSA) is 50.7 Å². The Hall–Kier alpha value is -2.92. The number of rotatable bonds is 7. The van der Waals surface area contributed by atoms with Gasteiger partial charge in [0, 0.05) is 10.0 Å². The normalized spacial score (nSPS) is 10.7. The maximum atomic E-state index is 12.0. The van der Waals surface area contributed by atoms with Crippen LogP contribution in [0.5, 0.6) is 5.75 Å². The second-order valence-electron chi connectivity index (χ2n) is 5.91. The van der Waals surface area contributed by atoms with E-state index in [0.717, 1.165) is 21.2 Å². The van der Waals surface area contributed by atoms with E-state index >= 15 is 0 Å². The van der Waals surface area contributed by atoms with Gasteiger partial charge in [-0.25, -0.2) is 5.43 Å². The molecular weight excluding hydrogens is 404 g/mol. The fraction of sp³-hybridized carbons (Fsp3) is 0.0909. The lowest BCUT2D eigenvalue weighted by atomic mass is 10.1. The minimum absolute atomic E-state index is 0.167. The van der Waals surface area contributed by atoms with E-state index in [1.807, 2.05) is 78.9 Å². The molecule has 3 aromatic carbocycles. The van der Waals surface area contributed by atoms with E-state index in [2.05, 4.69) is 26.5 Å². The van der Waals surface area contributed by atoms with Gasteiger partial charge in [-0.2, -0.15) is 5.10 Å². The summed E-state index contributed by atoms with van der Waals surface area (Å²) in [5.41, 5.74) is 5.36. The van der Waals surface area contributed by atoms with Crippen LogP contribution in [0, 0.1) is 0 Å². The summed E-state index contributed by atoms with van der Waals surface area (Å²) in [6, 6.07) is 25.2. The lowest BCUT2D eigenvalue weighted by Gasteiger charge is -2.09. The van der Waals surface area contributed by atoms with Crippen LogP contribution >= 0.6 is 15.9 Å². The van der Waals surface area contributed by atoms with Gasteiger partial charge in [0.25, 0.3) is 0 Å². The van der Waals surface area contributed by atoms with Crippen molar-refractivity contribution in [1.29, 1.82) is 0 Å². The molecular formula is C22H19BrN2O2. The summed E-state index contributed by atoms with van der Waals surface area (Å²) < 4.78 is 6.82. The molecule has 136 valence electrons. The molecule has 4 nitrogen and oxygen atoms in total. The molecule has 0 aromatic heterocycles. The number of ether oxygens (including phenoxy) is 1. The van der Waals surface area contributed by atoms with Crippen LogP contribution in [-0.4, -0.2) is 12.1 Å². The molecule has 0 radical (unpaired) electrons. The molecule has 0 aliphatic heterocycles. The van der Waals surface area contributed by atoms with E-state index in [1.54, 1.807) is 6.21 Å². The molecule has 0 heterocycles. The van der Waals surface area contributed by atoms with Crippen molar-refractivity contribution in [2.75, 3.05) is 0 Å². The average molecular weight is 423 g/mol. The third-order valence-corrected chi connectivity index (χ3v) is 4.30. The van der Waals surface area contributed by atoms with Gasteiger partial charge in [0.1, 0.15) is 12.4 Å². The number of carbonyl (C=O) groups is 1. The van der Waals surface area contributed by atoms with Gasteiger partial charge in [-0.1, -0.05) is 76.6 Å². The molecule has 0 bridgehead atoms. The highest BCUT2D eigenvalue weighted by Gasteiger charge is 2.05. The van der Waals surface area contributed by atoms with E-state index in [1.165, 1.54) is 0 Å². The van der Waals surface area contributed by atoms with Crippen molar-refractivity contribution in [3.05, 3.63) is 100 Å². The SMILES string of the molecule is O=C(Cc1ccccc1)N/N=C\c1cc(Br)ccc1OCc1ccccc1. The molecule has 0 atom stereocenters. The summed E-state index contributed by atoms with van der Waals surface area (Å²) in [4.78, 5) is 12.0. The molecule has 3 rings (SSSR count). The van der Waals surface area contributed by atoms with Crippen LogP contribution in [0.2, 0.25) is 0 Å². The van der Waals surface area contributed by atoms with Crippen LogP contribution in [0.4, 0.5) is 0 Å². The Balaban J connectivity index is 1.62. The van der Waals surface area contributed by atoms with E-state index in [9.17, 15) is 4.79 Å². The van der Waals surface area contributed by atoms with Gasteiger partial charge in [0.05, 0.1) is 12.6 Å². The van der Waals surface area contributed by atoms with Crippen LogP contribution in [0.15, 0.2) is 88.4 Å². The van der Waals surface area contributed by atoms with Crippen molar-refractivity contribution >= 4 is 28.1 Å². The summed E-state index contributed by atoms with van der Waals surface area (Å²) >= 11 is 3.45. The largest absolute Gasteiger partial charge is 0.488 e. The van der Waals surface area contributed by atoms with E-state index in [-0.39, 0.29) is 12.3 Å². The molecule has 27 heavy (non-hydrogen) atoms. The minimum Gasteiger partial charge on any atom is -0.488 e. The first-order valence-electron chi connectivity index (χ1n) is 8.53. The fourth-order valence-corrected chi connectivity index (χ4v) is 2.86. The highest BCUT2D eigenvalue weighted by atomic mass is 79.9. The van der Waals surface area contributed by atoms with Crippen molar-refractivity contribution in [2.45, 2.75) is 13.0 Å². The maximum Gasteiger partial charge on any atom is 0.244 e. The number of hydrogen-bond donors (Lipinski definition) is 1. The van der Waals surface area contributed by atoms with Crippen LogP contribution in [0.3, 0.4) is 0 Å². The van der Waals surface area contributed by atoms with Crippen LogP contribution < -0.4 is 10.2 Å². The Kier molecular flexibility index (Phi) is 6.77. The predicted octanol–water partition coefficient (Wildman–Crippen LogP) is 4.72. The van der Waals surface area contributed by atoms with Gasteiger partial charge in [-0.3, -0.25) is 4.79 Å².